The van der Waals surface area contributed by atoms with Gasteiger partial charge in [-0.1, -0.05) is 18.2 Å². The van der Waals surface area contributed by atoms with E-state index in [1.165, 1.54) is 23.5 Å². The maximum atomic E-state index is 13.9. The molecule has 0 saturated carbocycles. The number of benzene rings is 2. The van der Waals surface area contributed by atoms with Gasteiger partial charge in [0.2, 0.25) is 0 Å². The Morgan fingerprint density at radius 3 is 2.59 bits per heavy atom. The first-order chi connectivity index (χ1) is 20.0. The van der Waals surface area contributed by atoms with Crippen LogP contribution in [0.5, 0.6) is 0 Å². The van der Waals surface area contributed by atoms with Crippen LogP contribution < -0.4 is 20.9 Å². The maximum Gasteiger partial charge on any atom is 0.322 e. The number of piperazine rings is 1. The summed E-state index contributed by atoms with van der Waals surface area (Å²) in [5, 5.41) is 9.70. The number of para-hydroxylation sites is 1. The number of rotatable bonds is 5. The normalized spacial score (nSPS) is 14.9. The Kier molecular flexibility index (Phi) is 7.34. The standard InChI is InChI=1S/C30H28FN7O2S/c1-19-23-14-20(21-15-32-18-33-16-21)6-8-26(23)41-28(19)29(39)35-22-7-9-27(34-17-22)37-10-12-38(13-11-37)30(40)36-25-5-3-2-4-24(25)31/h2-9,14-15,17-18H,10-13,16H2,1H3,(H,32,33)(H,35,39)(H,36,40). The fraction of sp³-hybridized carbons (Fsp3) is 0.200. The summed E-state index contributed by atoms with van der Waals surface area (Å²) in [6, 6.07) is 15.7. The van der Waals surface area contributed by atoms with Crippen LogP contribution in [0.1, 0.15) is 20.8 Å². The van der Waals surface area contributed by atoms with Gasteiger partial charge in [-0.3, -0.25) is 9.79 Å². The summed E-state index contributed by atoms with van der Waals surface area (Å²) in [7, 11) is 0. The zero-order chi connectivity index (χ0) is 28.3. The number of anilines is 3. The zero-order valence-electron chi connectivity index (χ0n) is 22.4. The molecule has 1 fully saturated rings. The number of nitrogens with one attached hydrogen (secondary N) is 3. The fourth-order valence-electron chi connectivity index (χ4n) is 4.92. The van der Waals surface area contributed by atoms with Crippen molar-refractivity contribution < 1.29 is 14.0 Å². The van der Waals surface area contributed by atoms with E-state index in [1.807, 2.05) is 25.3 Å². The van der Waals surface area contributed by atoms with Crippen molar-refractivity contribution in [1.29, 1.82) is 0 Å². The molecule has 0 aliphatic carbocycles. The molecule has 3 N–H and O–H groups in total. The van der Waals surface area contributed by atoms with Crippen LogP contribution in [0.3, 0.4) is 0 Å². The van der Waals surface area contributed by atoms with Gasteiger partial charge in [0.15, 0.2) is 0 Å². The van der Waals surface area contributed by atoms with E-state index >= 15 is 0 Å². The number of urea groups is 1. The largest absolute Gasteiger partial charge is 0.353 e. The van der Waals surface area contributed by atoms with Gasteiger partial charge in [-0.15, -0.1) is 11.3 Å². The molecule has 0 radical (unpaired) electrons. The fourth-order valence-corrected chi connectivity index (χ4v) is 6.01. The van der Waals surface area contributed by atoms with Gasteiger partial charge in [-0.2, -0.15) is 0 Å². The first-order valence-corrected chi connectivity index (χ1v) is 14.1. The molecule has 41 heavy (non-hydrogen) atoms. The molecule has 4 heterocycles. The first kappa shape index (κ1) is 26.5. The summed E-state index contributed by atoms with van der Waals surface area (Å²) in [5.41, 5.74) is 3.90. The van der Waals surface area contributed by atoms with Gasteiger partial charge < -0.3 is 25.8 Å². The number of thiophene rings is 1. The Balaban J connectivity index is 1.06. The van der Waals surface area contributed by atoms with Crippen LogP contribution >= 0.6 is 11.3 Å². The van der Waals surface area contributed by atoms with Gasteiger partial charge in [0.1, 0.15) is 11.6 Å². The van der Waals surface area contributed by atoms with Crippen LogP contribution in [0.25, 0.3) is 15.7 Å². The van der Waals surface area contributed by atoms with Crippen LogP contribution in [-0.2, 0) is 0 Å². The molecule has 4 aromatic rings. The smallest absolute Gasteiger partial charge is 0.322 e. The molecule has 2 aliphatic rings. The number of pyridine rings is 1. The van der Waals surface area contributed by atoms with Crippen molar-refractivity contribution in [3.63, 3.8) is 0 Å². The number of fused-ring (bicyclic) bond motifs is 1. The number of halogens is 1. The third-order valence-corrected chi connectivity index (χ3v) is 8.48. The second-order valence-electron chi connectivity index (χ2n) is 9.82. The van der Waals surface area contributed by atoms with Crippen LogP contribution in [-0.4, -0.2) is 60.9 Å². The molecule has 2 aliphatic heterocycles. The Bertz CT molecular complexity index is 1670. The van der Waals surface area contributed by atoms with Crippen molar-refractivity contribution in [2.45, 2.75) is 6.92 Å². The molecule has 9 nitrogen and oxygen atoms in total. The number of carbonyl (C=O) groups is 2. The number of carbonyl (C=O) groups excluding carboxylic acids is 2. The predicted molar refractivity (Wildman–Crippen MR) is 162 cm³/mol. The third kappa shape index (κ3) is 5.62. The lowest BCUT2D eigenvalue weighted by molar-refractivity contribution is 0.103. The number of aromatic nitrogens is 1. The summed E-state index contributed by atoms with van der Waals surface area (Å²) in [6.07, 6.45) is 5.28. The average molecular weight is 570 g/mol. The quantitative estimate of drug-likeness (QED) is 0.302. The molecule has 0 spiro atoms. The second kappa shape index (κ2) is 11.4. The molecular formula is C30H28FN7O2S. The highest BCUT2D eigenvalue weighted by molar-refractivity contribution is 7.21. The molecule has 208 valence electrons. The molecular weight excluding hydrogens is 541 g/mol. The van der Waals surface area contributed by atoms with Crippen LogP contribution in [0.4, 0.5) is 26.4 Å². The third-order valence-electron chi connectivity index (χ3n) is 7.21. The predicted octanol–water partition coefficient (Wildman–Crippen LogP) is 5.32. The van der Waals surface area contributed by atoms with Crippen molar-refractivity contribution in [2.24, 2.45) is 4.99 Å². The minimum Gasteiger partial charge on any atom is -0.353 e. The lowest BCUT2D eigenvalue weighted by atomic mass is 10.0. The van der Waals surface area contributed by atoms with E-state index in [2.05, 4.69) is 49.0 Å². The number of aryl methyl sites for hydroxylation is 1. The SMILES string of the molecule is Cc1c(C(=O)Nc2ccc(N3CCN(C(=O)Nc4ccccc4F)CC3)nc2)sc2ccc(C3=CNC=NC3)cc12. The van der Waals surface area contributed by atoms with Crippen LogP contribution in [0.15, 0.2) is 72.0 Å². The molecule has 3 amide bonds. The Hall–Kier alpha value is -4.77. The summed E-state index contributed by atoms with van der Waals surface area (Å²) in [6.45, 7) is 4.74. The van der Waals surface area contributed by atoms with E-state index in [-0.39, 0.29) is 17.6 Å². The van der Waals surface area contributed by atoms with Crippen molar-refractivity contribution in [3.8, 4) is 0 Å². The van der Waals surface area contributed by atoms with E-state index in [0.29, 0.717) is 43.3 Å². The topological polar surface area (TPSA) is 102 Å². The molecule has 2 aromatic heterocycles. The number of amides is 3. The Morgan fingerprint density at radius 1 is 1.02 bits per heavy atom. The summed E-state index contributed by atoms with van der Waals surface area (Å²) in [5.74, 6) is 0.129. The van der Waals surface area contributed by atoms with Crippen LogP contribution in [0.2, 0.25) is 0 Å². The Morgan fingerprint density at radius 2 is 1.85 bits per heavy atom. The number of hydrogen-bond donors (Lipinski definition) is 3. The maximum absolute atomic E-state index is 13.9. The zero-order valence-corrected chi connectivity index (χ0v) is 23.2. The monoisotopic (exact) mass is 569 g/mol. The number of aliphatic imine (C=N–C) groups is 1. The minimum absolute atomic E-state index is 0.166. The average Bonchev–Trinajstić information content (AvgIpc) is 3.35. The molecule has 6 rings (SSSR count). The second-order valence-corrected chi connectivity index (χ2v) is 10.9. The molecule has 11 heteroatoms. The van der Waals surface area contributed by atoms with E-state index in [4.69, 9.17) is 0 Å². The summed E-state index contributed by atoms with van der Waals surface area (Å²) >= 11 is 1.47. The van der Waals surface area contributed by atoms with Gasteiger partial charge in [0.05, 0.1) is 35.3 Å². The van der Waals surface area contributed by atoms with Gasteiger partial charge in [-0.25, -0.2) is 14.2 Å². The van der Waals surface area contributed by atoms with E-state index in [0.717, 1.165) is 32.6 Å². The number of nitrogens with zero attached hydrogens (tertiary/aromatic N) is 4. The highest BCUT2D eigenvalue weighted by Crippen LogP contribution is 2.34. The molecule has 0 unspecified atom stereocenters. The molecule has 0 bridgehead atoms. The van der Waals surface area contributed by atoms with Crippen molar-refractivity contribution in [2.75, 3.05) is 48.3 Å². The molecule has 0 atom stereocenters. The van der Waals surface area contributed by atoms with Crippen molar-refractivity contribution in [3.05, 3.63) is 88.8 Å². The van der Waals surface area contributed by atoms with E-state index in [9.17, 15) is 14.0 Å². The van der Waals surface area contributed by atoms with Gasteiger partial charge in [0.25, 0.3) is 5.91 Å². The van der Waals surface area contributed by atoms with Crippen molar-refractivity contribution in [1.82, 2.24) is 15.2 Å². The Labute approximate surface area is 240 Å². The highest BCUT2D eigenvalue weighted by atomic mass is 32.1. The van der Waals surface area contributed by atoms with E-state index < -0.39 is 5.82 Å². The van der Waals surface area contributed by atoms with Crippen molar-refractivity contribution >= 4 is 62.5 Å². The first-order valence-electron chi connectivity index (χ1n) is 13.3. The highest BCUT2D eigenvalue weighted by Gasteiger charge is 2.23. The number of hydrogen-bond acceptors (Lipinski definition) is 7. The van der Waals surface area contributed by atoms with Gasteiger partial charge >= 0.3 is 6.03 Å². The minimum atomic E-state index is -0.464. The molecule has 2 aromatic carbocycles. The van der Waals surface area contributed by atoms with E-state index in [1.54, 1.807) is 29.6 Å². The van der Waals surface area contributed by atoms with Crippen LogP contribution in [0, 0.1) is 12.7 Å². The lowest BCUT2D eigenvalue weighted by Gasteiger charge is -2.35. The lowest BCUT2D eigenvalue weighted by Crippen LogP contribution is -2.50. The summed E-state index contributed by atoms with van der Waals surface area (Å²) < 4.78 is 14.9. The summed E-state index contributed by atoms with van der Waals surface area (Å²) in [4.78, 5) is 39.0. The molecule has 1 saturated heterocycles. The van der Waals surface area contributed by atoms with Gasteiger partial charge in [0, 0.05) is 37.1 Å². The van der Waals surface area contributed by atoms with Gasteiger partial charge in [-0.05, 0) is 65.4 Å².